The van der Waals surface area contributed by atoms with E-state index in [2.05, 4.69) is 4.72 Å². The van der Waals surface area contributed by atoms with Gasteiger partial charge < -0.3 is 4.74 Å². The van der Waals surface area contributed by atoms with E-state index in [1.165, 1.54) is 31.4 Å². The van der Waals surface area contributed by atoms with Gasteiger partial charge in [-0.15, -0.1) is 0 Å². The maximum Gasteiger partial charge on any atom is 0.241 e. The Morgan fingerprint density at radius 2 is 1.41 bits per heavy atom. The quantitative estimate of drug-likeness (QED) is 0.549. The molecule has 0 bridgehead atoms. The third-order valence-corrected chi connectivity index (χ3v) is 6.29. The summed E-state index contributed by atoms with van der Waals surface area (Å²) >= 11 is 0. The number of carbonyl (C=O) groups excluding carboxylic acids is 2. The van der Waals surface area contributed by atoms with Gasteiger partial charge in [0.25, 0.3) is 0 Å². The summed E-state index contributed by atoms with van der Waals surface area (Å²) < 4.78 is 33.8. The summed E-state index contributed by atoms with van der Waals surface area (Å²) in [6.07, 6.45) is 0. The van der Waals surface area contributed by atoms with Crippen LogP contribution >= 0.6 is 0 Å². The van der Waals surface area contributed by atoms with Crippen LogP contribution in [0.4, 0.5) is 0 Å². The highest BCUT2D eigenvalue weighted by atomic mass is 32.2. The van der Waals surface area contributed by atoms with Gasteiger partial charge in [-0.25, -0.2) is 13.1 Å². The van der Waals surface area contributed by atoms with Crippen molar-refractivity contribution in [3.8, 4) is 5.75 Å². The van der Waals surface area contributed by atoms with Gasteiger partial charge in [0.1, 0.15) is 5.75 Å². The van der Waals surface area contributed by atoms with Gasteiger partial charge in [0.05, 0.1) is 17.6 Å². The van der Waals surface area contributed by atoms with E-state index in [-0.39, 0.29) is 39.5 Å². The van der Waals surface area contributed by atoms with Crippen molar-refractivity contribution in [2.24, 2.45) is 0 Å². The molecule has 0 aliphatic heterocycles. The first kappa shape index (κ1) is 19.0. The summed E-state index contributed by atoms with van der Waals surface area (Å²) in [6, 6.07) is 17.7. The number of ketones is 2. The molecule has 0 spiro atoms. The van der Waals surface area contributed by atoms with Crippen molar-refractivity contribution in [1.29, 1.82) is 0 Å². The van der Waals surface area contributed by atoms with Crippen molar-refractivity contribution < 1.29 is 22.7 Å². The van der Waals surface area contributed by atoms with Crippen LogP contribution in [0.3, 0.4) is 0 Å². The molecule has 7 heteroatoms. The van der Waals surface area contributed by atoms with E-state index in [1.54, 1.807) is 42.5 Å². The molecule has 29 heavy (non-hydrogen) atoms. The monoisotopic (exact) mass is 407 g/mol. The van der Waals surface area contributed by atoms with E-state index < -0.39 is 15.8 Å². The standard InChI is InChI=1S/C22H17NO5S/c1-28-18-11-5-2-7-14(18)13-23-29(26,27)19-12-6-10-17-20(19)22(25)16-9-4-3-8-15(16)21(17)24/h2-12,23H,13H2,1H3. The molecule has 146 valence electrons. The van der Waals surface area contributed by atoms with Gasteiger partial charge in [-0.1, -0.05) is 54.6 Å². The molecule has 0 fully saturated rings. The molecule has 1 aliphatic rings. The minimum Gasteiger partial charge on any atom is -0.496 e. The molecule has 1 N–H and O–H groups in total. The van der Waals surface area contributed by atoms with Crippen LogP contribution in [0, 0.1) is 0 Å². The zero-order chi connectivity index (χ0) is 20.6. The molecule has 0 atom stereocenters. The molecule has 1 aliphatic carbocycles. The van der Waals surface area contributed by atoms with Crippen molar-refractivity contribution in [2.75, 3.05) is 7.11 Å². The maximum absolute atomic E-state index is 13.0. The van der Waals surface area contributed by atoms with Crippen molar-refractivity contribution in [3.05, 3.63) is 94.5 Å². The lowest BCUT2D eigenvalue weighted by molar-refractivity contribution is 0.0976. The second-order valence-electron chi connectivity index (χ2n) is 6.52. The lowest BCUT2D eigenvalue weighted by Crippen LogP contribution is -2.29. The van der Waals surface area contributed by atoms with Crippen molar-refractivity contribution in [1.82, 2.24) is 4.72 Å². The summed E-state index contributed by atoms with van der Waals surface area (Å²) in [4.78, 5) is 25.6. The molecule has 0 heterocycles. The normalized spacial score (nSPS) is 13.0. The van der Waals surface area contributed by atoms with E-state index in [1.807, 2.05) is 0 Å². The van der Waals surface area contributed by atoms with Crippen molar-refractivity contribution in [3.63, 3.8) is 0 Å². The van der Waals surface area contributed by atoms with Crippen molar-refractivity contribution >= 4 is 21.6 Å². The third-order valence-electron chi connectivity index (χ3n) is 4.85. The van der Waals surface area contributed by atoms with E-state index in [9.17, 15) is 18.0 Å². The average Bonchev–Trinajstić information content (AvgIpc) is 2.75. The molecule has 0 aromatic heterocycles. The molecule has 0 amide bonds. The number of rotatable bonds is 5. The molecule has 4 rings (SSSR count). The summed E-state index contributed by atoms with van der Waals surface area (Å²) in [5.74, 6) is -0.295. The fraction of sp³-hybridized carbons (Fsp3) is 0.0909. The molecule has 3 aromatic rings. The number of nitrogens with one attached hydrogen (secondary N) is 1. The van der Waals surface area contributed by atoms with Crippen LogP contribution in [0.5, 0.6) is 5.75 Å². The fourth-order valence-electron chi connectivity index (χ4n) is 3.44. The van der Waals surface area contributed by atoms with Gasteiger partial charge in [-0.3, -0.25) is 9.59 Å². The van der Waals surface area contributed by atoms with Crippen LogP contribution in [0.15, 0.2) is 71.6 Å². The van der Waals surface area contributed by atoms with Crippen LogP contribution in [-0.2, 0) is 16.6 Å². The Morgan fingerprint density at radius 3 is 2.14 bits per heavy atom. The zero-order valence-corrected chi connectivity index (χ0v) is 16.3. The number of fused-ring (bicyclic) bond motifs is 2. The number of hydrogen-bond donors (Lipinski definition) is 1. The van der Waals surface area contributed by atoms with Crippen LogP contribution in [0.1, 0.15) is 37.4 Å². The first-order chi connectivity index (χ1) is 13.9. The van der Waals surface area contributed by atoms with Crippen molar-refractivity contribution in [2.45, 2.75) is 11.4 Å². The Bertz CT molecular complexity index is 1250. The van der Waals surface area contributed by atoms with Crippen LogP contribution < -0.4 is 9.46 Å². The van der Waals surface area contributed by atoms with Gasteiger partial charge in [0, 0.05) is 28.8 Å². The van der Waals surface area contributed by atoms with E-state index in [4.69, 9.17) is 4.74 Å². The lowest BCUT2D eigenvalue weighted by atomic mass is 9.84. The summed E-state index contributed by atoms with van der Waals surface area (Å²) in [7, 11) is -2.56. The molecule has 0 unspecified atom stereocenters. The first-order valence-electron chi connectivity index (χ1n) is 8.87. The number of ether oxygens (including phenoxy) is 1. The SMILES string of the molecule is COc1ccccc1CNS(=O)(=O)c1cccc2c1C(=O)c1ccccc1C2=O. The Kier molecular flexibility index (Phi) is 4.77. The predicted octanol–water partition coefficient (Wildman–Crippen LogP) is 2.95. The van der Waals surface area contributed by atoms with Gasteiger partial charge in [0.2, 0.25) is 10.0 Å². The summed E-state index contributed by atoms with van der Waals surface area (Å²) in [6.45, 7) is -0.0191. The van der Waals surface area contributed by atoms with E-state index >= 15 is 0 Å². The van der Waals surface area contributed by atoms with Crippen LogP contribution in [0.2, 0.25) is 0 Å². The largest absolute Gasteiger partial charge is 0.496 e. The smallest absolute Gasteiger partial charge is 0.241 e. The molecule has 6 nitrogen and oxygen atoms in total. The Labute approximate surface area is 168 Å². The highest BCUT2D eigenvalue weighted by molar-refractivity contribution is 7.89. The number of hydrogen-bond acceptors (Lipinski definition) is 5. The maximum atomic E-state index is 13.0. The molecule has 3 aromatic carbocycles. The Morgan fingerprint density at radius 1 is 0.793 bits per heavy atom. The number of sulfonamides is 1. The Balaban J connectivity index is 1.75. The molecular formula is C22H17NO5S. The molecule has 0 radical (unpaired) electrons. The Hall–Kier alpha value is -3.29. The van der Waals surface area contributed by atoms with E-state index in [0.717, 1.165) is 0 Å². The highest BCUT2D eigenvalue weighted by Gasteiger charge is 2.34. The molecule has 0 saturated carbocycles. The first-order valence-corrected chi connectivity index (χ1v) is 10.4. The highest BCUT2D eigenvalue weighted by Crippen LogP contribution is 2.31. The second kappa shape index (κ2) is 7.27. The minimum atomic E-state index is -4.06. The lowest BCUT2D eigenvalue weighted by Gasteiger charge is -2.20. The van der Waals surface area contributed by atoms with Crippen LogP contribution in [-0.4, -0.2) is 27.1 Å². The van der Waals surface area contributed by atoms with E-state index in [0.29, 0.717) is 11.3 Å². The number of methoxy groups -OCH3 is 1. The van der Waals surface area contributed by atoms with Gasteiger partial charge in [-0.2, -0.15) is 0 Å². The number of carbonyl (C=O) groups is 2. The number of para-hydroxylation sites is 1. The topological polar surface area (TPSA) is 89.5 Å². The second-order valence-corrected chi connectivity index (χ2v) is 8.25. The fourth-order valence-corrected chi connectivity index (χ4v) is 4.67. The molecular weight excluding hydrogens is 390 g/mol. The van der Waals surface area contributed by atoms with Crippen LogP contribution in [0.25, 0.3) is 0 Å². The third kappa shape index (κ3) is 3.24. The average molecular weight is 407 g/mol. The number of benzene rings is 3. The zero-order valence-electron chi connectivity index (χ0n) is 15.5. The predicted molar refractivity (Wildman–Crippen MR) is 107 cm³/mol. The van der Waals surface area contributed by atoms with Gasteiger partial charge in [-0.05, 0) is 12.1 Å². The molecule has 0 saturated heterocycles. The van der Waals surface area contributed by atoms with Gasteiger partial charge >= 0.3 is 0 Å². The minimum absolute atomic E-state index is 0.0191. The summed E-state index contributed by atoms with van der Waals surface area (Å²) in [5, 5.41) is 0. The summed E-state index contributed by atoms with van der Waals surface area (Å²) in [5.41, 5.74) is 1.13. The van der Waals surface area contributed by atoms with Gasteiger partial charge in [0.15, 0.2) is 11.6 Å².